The Morgan fingerprint density at radius 2 is 1.64 bits per heavy atom. The Morgan fingerprint density at radius 3 is 2.32 bits per heavy atom. The molecule has 0 fully saturated rings. The lowest BCUT2D eigenvalue weighted by molar-refractivity contribution is 0.0698. The molecule has 6 nitrogen and oxygen atoms in total. The highest BCUT2D eigenvalue weighted by atomic mass is 32.2. The average Bonchev–Trinajstić information content (AvgIpc) is 2.64. The maximum atomic E-state index is 12.4. The van der Waals surface area contributed by atoms with E-state index in [-0.39, 0.29) is 22.8 Å². The monoisotopic (exact) mass is 405 g/mol. The van der Waals surface area contributed by atoms with Crippen LogP contribution in [0.3, 0.4) is 0 Å². The molecule has 0 atom stereocenters. The molecular formula is C21H27NO5S. The molecule has 0 radical (unpaired) electrons. The highest BCUT2D eigenvalue weighted by Crippen LogP contribution is 2.28. The Kier molecular flexibility index (Phi) is 7.87. The Balaban J connectivity index is 2.15. The fraction of sp³-hybridized carbons (Fsp3) is 0.381. The van der Waals surface area contributed by atoms with Gasteiger partial charge in [0.25, 0.3) is 0 Å². The van der Waals surface area contributed by atoms with Gasteiger partial charge >= 0.3 is 5.97 Å². The summed E-state index contributed by atoms with van der Waals surface area (Å²) in [6.07, 6.45) is 5.74. The molecule has 0 aromatic heterocycles. The van der Waals surface area contributed by atoms with Crippen molar-refractivity contribution in [1.82, 2.24) is 0 Å². The van der Waals surface area contributed by atoms with Crippen LogP contribution < -0.4 is 4.72 Å². The lowest BCUT2D eigenvalue weighted by atomic mass is 10.0. The molecule has 0 aliphatic rings. The molecule has 3 N–H and O–H groups in total. The third-order valence-corrected chi connectivity index (χ3v) is 5.82. The Labute approximate surface area is 166 Å². The first-order valence-electron chi connectivity index (χ1n) is 9.49. The topological polar surface area (TPSA) is 104 Å². The summed E-state index contributed by atoms with van der Waals surface area (Å²) in [5.41, 5.74) is 1.18. The first kappa shape index (κ1) is 21.8. The van der Waals surface area contributed by atoms with Crippen LogP contribution in [0.25, 0.3) is 11.1 Å². The van der Waals surface area contributed by atoms with Crippen molar-refractivity contribution >= 4 is 21.7 Å². The number of phenolic OH excluding ortho intramolecular Hbond substituents is 1. The van der Waals surface area contributed by atoms with Crippen molar-refractivity contribution in [2.45, 2.75) is 45.4 Å². The van der Waals surface area contributed by atoms with Gasteiger partial charge in [0.1, 0.15) is 5.75 Å². The minimum Gasteiger partial charge on any atom is -0.508 e. The number of nitrogens with one attached hydrogen (secondary N) is 1. The quantitative estimate of drug-likeness (QED) is 0.463. The highest BCUT2D eigenvalue weighted by molar-refractivity contribution is 7.92. The summed E-state index contributed by atoms with van der Waals surface area (Å²) < 4.78 is 27.3. The second-order valence-electron chi connectivity index (χ2n) is 6.80. The summed E-state index contributed by atoms with van der Waals surface area (Å²) in [5.74, 6) is -1.18. The van der Waals surface area contributed by atoms with Gasteiger partial charge in [-0.3, -0.25) is 4.72 Å². The van der Waals surface area contributed by atoms with Crippen LogP contribution >= 0.6 is 0 Å². The second kappa shape index (κ2) is 10.1. The maximum absolute atomic E-state index is 12.4. The molecule has 0 heterocycles. The van der Waals surface area contributed by atoms with E-state index in [1.807, 2.05) is 0 Å². The number of benzene rings is 2. The van der Waals surface area contributed by atoms with Gasteiger partial charge in [0, 0.05) is 0 Å². The summed E-state index contributed by atoms with van der Waals surface area (Å²) >= 11 is 0. The van der Waals surface area contributed by atoms with E-state index < -0.39 is 16.0 Å². The number of hydrogen-bond acceptors (Lipinski definition) is 4. The number of anilines is 1. The molecule has 0 aliphatic heterocycles. The molecule has 0 spiro atoms. The lowest BCUT2D eigenvalue weighted by Crippen LogP contribution is -2.18. The molecule has 2 aromatic carbocycles. The van der Waals surface area contributed by atoms with E-state index in [1.54, 1.807) is 18.2 Å². The fourth-order valence-corrected chi connectivity index (χ4v) is 4.16. The summed E-state index contributed by atoms with van der Waals surface area (Å²) in [4.78, 5) is 11.5. The Morgan fingerprint density at radius 1 is 0.964 bits per heavy atom. The van der Waals surface area contributed by atoms with Gasteiger partial charge in [-0.1, -0.05) is 57.2 Å². The van der Waals surface area contributed by atoms with Gasteiger partial charge < -0.3 is 10.2 Å². The van der Waals surface area contributed by atoms with Gasteiger partial charge in [-0.15, -0.1) is 0 Å². The van der Waals surface area contributed by atoms with E-state index in [4.69, 9.17) is 0 Å². The Hall–Kier alpha value is -2.54. The van der Waals surface area contributed by atoms with Crippen LogP contribution in [0.1, 0.15) is 55.8 Å². The van der Waals surface area contributed by atoms with Crippen molar-refractivity contribution in [2.24, 2.45) is 0 Å². The number of carbonyl (C=O) groups is 1. The molecule has 0 saturated carbocycles. The first-order chi connectivity index (χ1) is 13.3. The minimum atomic E-state index is -3.65. The summed E-state index contributed by atoms with van der Waals surface area (Å²) in [6.45, 7) is 2.12. The SMILES string of the molecule is CCCCCCCCS(=O)(=O)Nc1cc(-c2cccc(O)c2)ccc1C(=O)O. The zero-order chi connectivity index (χ0) is 20.6. The van der Waals surface area contributed by atoms with Crippen molar-refractivity contribution in [3.8, 4) is 16.9 Å². The number of hydrogen-bond donors (Lipinski definition) is 3. The van der Waals surface area contributed by atoms with Crippen LogP contribution in [-0.2, 0) is 10.0 Å². The maximum Gasteiger partial charge on any atom is 0.337 e. The van der Waals surface area contributed by atoms with Crippen molar-refractivity contribution in [2.75, 3.05) is 10.5 Å². The van der Waals surface area contributed by atoms with Crippen molar-refractivity contribution < 1.29 is 23.4 Å². The third-order valence-electron chi connectivity index (χ3n) is 4.46. The molecule has 0 aliphatic carbocycles. The van der Waals surface area contributed by atoms with E-state index in [1.165, 1.54) is 24.3 Å². The molecule has 0 saturated heterocycles. The van der Waals surface area contributed by atoms with E-state index in [9.17, 15) is 23.4 Å². The predicted molar refractivity (Wildman–Crippen MR) is 111 cm³/mol. The molecule has 152 valence electrons. The van der Waals surface area contributed by atoms with Crippen LogP contribution in [0, 0.1) is 0 Å². The molecule has 7 heteroatoms. The fourth-order valence-electron chi connectivity index (χ4n) is 2.97. The van der Waals surface area contributed by atoms with E-state index >= 15 is 0 Å². The normalized spacial score (nSPS) is 11.3. The first-order valence-corrected chi connectivity index (χ1v) is 11.1. The van der Waals surface area contributed by atoms with Crippen molar-refractivity contribution in [1.29, 1.82) is 0 Å². The Bertz CT molecular complexity index is 909. The molecule has 2 aromatic rings. The zero-order valence-corrected chi connectivity index (χ0v) is 16.8. The van der Waals surface area contributed by atoms with E-state index in [2.05, 4.69) is 11.6 Å². The number of carboxylic acid groups (broad SMARTS) is 1. The molecule has 2 rings (SSSR count). The van der Waals surface area contributed by atoms with Gasteiger partial charge in [0.05, 0.1) is 17.0 Å². The van der Waals surface area contributed by atoms with Gasteiger partial charge in [-0.05, 0) is 41.8 Å². The standard InChI is InChI=1S/C21H27NO5S/c1-2-3-4-5-6-7-13-28(26,27)22-20-15-17(11-12-19(20)21(24)25)16-9-8-10-18(23)14-16/h8-12,14-15,22-23H,2-7,13H2,1H3,(H,24,25). The number of aromatic hydroxyl groups is 1. The second-order valence-corrected chi connectivity index (χ2v) is 8.65. The van der Waals surface area contributed by atoms with Gasteiger partial charge in [-0.2, -0.15) is 0 Å². The largest absolute Gasteiger partial charge is 0.508 e. The van der Waals surface area contributed by atoms with E-state index in [0.29, 0.717) is 17.5 Å². The number of sulfonamides is 1. The molecule has 0 bridgehead atoms. The number of aromatic carboxylic acids is 1. The third kappa shape index (κ3) is 6.56. The van der Waals surface area contributed by atoms with Gasteiger partial charge in [0.2, 0.25) is 10.0 Å². The summed E-state index contributed by atoms with van der Waals surface area (Å²) in [6, 6.07) is 10.9. The number of phenols is 1. The predicted octanol–water partition coefficient (Wildman–Crippen LogP) is 4.86. The number of rotatable bonds is 11. The zero-order valence-electron chi connectivity index (χ0n) is 16.0. The van der Waals surface area contributed by atoms with Crippen LogP contribution in [0.15, 0.2) is 42.5 Å². The van der Waals surface area contributed by atoms with Gasteiger partial charge in [-0.25, -0.2) is 13.2 Å². The van der Waals surface area contributed by atoms with Crippen LogP contribution in [0.5, 0.6) is 5.75 Å². The van der Waals surface area contributed by atoms with Crippen LogP contribution in [-0.4, -0.2) is 30.4 Å². The van der Waals surface area contributed by atoms with Crippen LogP contribution in [0.4, 0.5) is 5.69 Å². The summed E-state index contributed by atoms with van der Waals surface area (Å²) in [7, 11) is -3.65. The van der Waals surface area contributed by atoms with Crippen molar-refractivity contribution in [3.05, 3.63) is 48.0 Å². The average molecular weight is 406 g/mol. The number of carboxylic acids is 1. The van der Waals surface area contributed by atoms with Crippen molar-refractivity contribution in [3.63, 3.8) is 0 Å². The molecule has 28 heavy (non-hydrogen) atoms. The van der Waals surface area contributed by atoms with Crippen LogP contribution in [0.2, 0.25) is 0 Å². The smallest absolute Gasteiger partial charge is 0.337 e. The van der Waals surface area contributed by atoms with Gasteiger partial charge in [0.15, 0.2) is 0 Å². The molecular weight excluding hydrogens is 378 g/mol. The minimum absolute atomic E-state index is 0.0272. The lowest BCUT2D eigenvalue weighted by Gasteiger charge is -2.13. The van der Waals surface area contributed by atoms with E-state index in [0.717, 1.165) is 32.1 Å². The summed E-state index contributed by atoms with van der Waals surface area (Å²) in [5, 5.41) is 19.0. The highest BCUT2D eigenvalue weighted by Gasteiger charge is 2.17. The molecule has 0 unspecified atom stereocenters. The molecule has 0 amide bonds. The number of unbranched alkanes of at least 4 members (excludes halogenated alkanes) is 5.